The highest BCUT2D eigenvalue weighted by Gasteiger charge is 2.25. The van der Waals surface area contributed by atoms with Crippen molar-refractivity contribution in [3.63, 3.8) is 0 Å². The number of aliphatic carboxylic acids is 1. The number of allylic oxidation sites excluding steroid dienone is 2. The number of carboxylic acids is 1. The molecule has 0 aromatic heterocycles. The summed E-state index contributed by atoms with van der Waals surface area (Å²) in [6, 6.07) is 0. The number of esters is 2. The van der Waals surface area contributed by atoms with Crippen LogP contribution in [0.4, 0.5) is 0 Å². The molecule has 63 heavy (non-hydrogen) atoms. The number of hydrogen-bond donors (Lipinski definition) is 1. The summed E-state index contributed by atoms with van der Waals surface area (Å²) in [6.07, 6.45) is 48.8. The zero-order valence-corrected chi connectivity index (χ0v) is 42.3. The van der Waals surface area contributed by atoms with E-state index in [4.69, 9.17) is 18.9 Å². The van der Waals surface area contributed by atoms with Gasteiger partial charge in [-0.25, -0.2) is 4.79 Å². The Morgan fingerprint density at radius 2 is 0.810 bits per heavy atom. The minimum Gasteiger partial charge on any atom is -0.477 e. The molecule has 0 spiro atoms. The first kappa shape index (κ1) is 61.0. The van der Waals surface area contributed by atoms with Gasteiger partial charge in [0.1, 0.15) is 13.2 Å². The summed E-state index contributed by atoms with van der Waals surface area (Å²) in [6.45, 7) is 4.88. The smallest absolute Gasteiger partial charge is 0.361 e. The molecule has 0 aliphatic carbocycles. The van der Waals surface area contributed by atoms with E-state index < -0.39 is 18.4 Å². The van der Waals surface area contributed by atoms with Crippen molar-refractivity contribution in [2.75, 3.05) is 47.5 Å². The van der Waals surface area contributed by atoms with Crippen LogP contribution in [0.25, 0.3) is 0 Å². The van der Waals surface area contributed by atoms with Crippen molar-refractivity contribution in [1.82, 2.24) is 0 Å². The lowest BCUT2D eigenvalue weighted by Crippen LogP contribution is -2.40. The van der Waals surface area contributed by atoms with Crippen LogP contribution in [-0.4, -0.2) is 87.4 Å². The molecule has 2 unspecified atom stereocenters. The third-order valence-electron chi connectivity index (χ3n) is 12.0. The lowest BCUT2D eigenvalue weighted by Gasteiger charge is -2.25. The highest BCUT2D eigenvalue weighted by atomic mass is 16.7. The number of carboxylic acid groups (broad SMARTS) is 1. The van der Waals surface area contributed by atoms with Crippen molar-refractivity contribution in [2.24, 2.45) is 0 Å². The zero-order chi connectivity index (χ0) is 46.3. The van der Waals surface area contributed by atoms with Gasteiger partial charge in [-0.1, -0.05) is 219 Å². The van der Waals surface area contributed by atoms with Crippen LogP contribution >= 0.6 is 0 Å². The summed E-state index contributed by atoms with van der Waals surface area (Å²) in [7, 11) is 5.97. The fourth-order valence-corrected chi connectivity index (χ4v) is 7.83. The van der Waals surface area contributed by atoms with Crippen LogP contribution in [0.15, 0.2) is 12.2 Å². The zero-order valence-electron chi connectivity index (χ0n) is 42.3. The third-order valence-corrected chi connectivity index (χ3v) is 12.0. The van der Waals surface area contributed by atoms with Gasteiger partial charge in [0.25, 0.3) is 6.29 Å². The molecule has 0 saturated heterocycles. The van der Waals surface area contributed by atoms with E-state index in [0.717, 1.165) is 38.5 Å². The number of nitrogens with zero attached hydrogens (tertiary/aromatic N) is 1. The van der Waals surface area contributed by atoms with E-state index in [0.29, 0.717) is 17.4 Å². The molecule has 0 aromatic carbocycles. The van der Waals surface area contributed by atoms with Crippen LogP contribution in [-0.2, 0) is 33.3 Å². The normalized spacial score (nSPS) is 12.8. The molecule has 9 nitrogen and oxygen atoms in total. The van der Waals surface area contributed by atoms with E-state index in [1.54, 1.807) is 0 Å². The number of likely N-dealkylation sites (N-methyl/N-ethyl adjacent to an activating group) is 1. The Balaban J connectivity index is 4.05. The molecule has 0 heterocycles. The van der Waals surface area contributed by atoms with E-state index >= 15 is 0 Å². The number of hydrogen-bond acceptors (Lipinski definition) is 7. The fourth-order valence-electron chi connectivity index (χ4n) is 7.83. The van der Waals surface area contributed by atoms with Gasteiger partial charge in [0.2, 0.25) is 0 Å². The maximum absolute atomic E-state index is 12.8. The molecule has 0 radical (unpaired) electrons. The van der Waals surface area contributed by atoms with Gasteiger partial charge in [-0.3, -0.25) is 9.59 Å². The van der Waals surface area contributed by atoms with Crippen LogP contribution in [0.2, 0.25) is 0 Å². The summed E-state index contributed by atoms with van der Waals surface area (Å²) in [5, 5.41) is 9.64. The van der Waals surface area contributed by atoms with Crippen molar-refractivity contribution in [1.29, 1.82) is 0 Å². The largest absolute Gasteiger partial charge is 0.477 e. The van der Waals surface area contributed by atoms with E-state index in [1.807, 2.05) is 21.1 Å². The van der Waals surface area contributed by atoms with Gasteiger partial charge in [0, 0.05) is 12.8 Å². The van der Waals surface area contributed by atoms with Crippen molar-refractivity contribution in [3.05, 3.63) is 12.2 Å². The number of rotatable bonds is 50. The van der Waals surface area contributed by atoms with Crippen LogP contribution in [0.1, 0.15) is 258 Å². The van der Waals surface area contributed by atoms with E-state index in [2.05, 4.69) is 26.0 Å². The van der Waals surface area contributed by atoms with Crippen LogP contribution < -0.4 is 0 Å². The Hall–Kier alpha value is -1.97. The summed E-state index contributed by atoms with van der Waals surface area (Å²) < 4.78 is 22.8. The van der Waals surface area contributed by atoms with Gasteiger partial charge in [-0.05, 0) is 38.5 Å². The quantitative estimate of drug-likeness (QED) is 0.0211. The second kappa shape index (κ2) is 46.6. The molecule has 0 aliphatic heterocycles. The lowest BCUT2D eigenvalue weighted by atomic mass is 10.0. The third kappa shape index (κ3) is 47.8. The van der Waals surface area contributed by atoms with Crippen LogP contribution in [0.3, 0.4) is 0 Å². The summed E-state index contributed by atoms with van der Waals surface area (Å²) in [5.41, 5.74) is 0. The Morgan fingerprint density at radius 1 is 0.460 bits per heavy atom. The number of carbonyl (C=O) groups excluding carboxylic acids is 2. The number of quaternary nitrogens is 1. The van der Waals surface area contributed by atoms with Crippen molar-refractivity contribution in [2.45, 2.75) is 270 Å². The first-order valence-corrected chi connectivity index (χ1v) is 26.9. The Labute approximate surface area is 389 Å². The lowest BCUT2D eigenvalue weighted by molar-refractivity contribution is -0.870. The molecule has 0 aliphatic rings. The average molecular weight is 895 g/mol. The molecule has 2 atom stereocenters. The number of ether oxygens (including phenoxy) is 4. The molecule has 372 valence electrons. The molecule has 0 saturated carbocycles. The number of carbonyl (C=O) groups is 3. The Bertz CT molecular complexity index is 1040. The second-order valence-corrected chi connectivity index (χ2v) is 19.5. The summed E-state index contributed by atoms with van der Waals surface area (Å²) in [4.78, 5) is 37.1. The maximum Gasteiger partial charge on any atom is 0.361 e. The molecule has 0 fully saturated rings. The maximum atomic E-state index is 12.8. The first-order chi connectivity index (χ1) is 30.6. The standard InChI is InChI=1S/C54H103NO8/c1-6-8-10-12-14-16-17-18-19-20-21-22-23-24-25-26-27-28-29-30-31-32-33-34-35-37-39-41-43-45-52(57)63-50(49-62-54(53(58)59)60-47-46-55(3,4)5)48-61-51(56)44-42-40-38-36-15-13-11-9-7-2/h20-21,50,54H,6-19,22-49H2,1-5H3/p+1/b21-20-. The van der Waals surface area contributed by atoms with Gasteiger partial charge in [-0.2, -0.15) is 0 Å². The predicted octanol–water partition coefficient (Wildman–Crippen LogP) is 15.0. The second-order valence-electron chi connectivity index (χ2n) is 19.5. The molecule has 0 aromatic rings. The number of unbranched alkanes of at least 4 members (excludes halogenated alkanes) is 33. The fraction of sp³-hybridized carbons (Fsp3) is 0.907. The van der Waals surface area contributed by atoms with E-state index in [-0.39, 0.29) is 38.2 Å². The summed E-state index contributed by atoms with van der Waals surface area (Å²) >= 11 is 0. The van der Waals surface area contributed by atoms with Crippen molar-refractivity contribution >= 4 is 17.9 Å². The van der Waals surface area contributed by atoms with Crippen LogP contribution in [0, 0.1) is 0 Å². The first-order valence-electron chi connectivity index (χ1n) is 26.9. The van der Waals surface area contributed by atoms with Gasteiger partial charge in [0.05, 0.1) is 34.4 Å². The highest BCUT2D eigenvalue weighted by molar-refractivity contribution is 5.71. The van der Waals surface area contributed by atoms with Gasteiger partial charge in [-0.15, -0.1) is 0 Å². The summed E-state index contributed by atoms with van der Waals surface area (Å²) in [5.74, 6) is -1.99. The topological polar surface area (TPSA) is 108 Å². The minimum atomic E-state index is -1.50. The average Bonchev–Trinajstić information content (AvgIpc) is 3.24. The predicted molar refractivity (Wildman–Crippen MR) is 263 cm³/mol. The van der Waals surface area contributed by atoms with Crippen molar-refractivity contribution < 1.29 is 42.9 Å². The minimum absolute atomic E-state index is 0.175. The van der Waals surface area contributed by atoms with Crippen LogP contribution in [0.5, 0.6) is 0 Å². The van der Waals surface area contributed by atoms with Gasteiger partial charge < -0.3 is 28.5 Å². The molecular weight excluding hydrogens is 791 g/mol. The molecule has 0 amide bonds. The molecule has 9 heteroatoms. The molecule has 0 rings (SSSR count). The molecule has 1 N–H and O–H groups in total. The van der Waals surface area contributed by atoms with Gasteiger partial charge in [0.15, 0.2) is 6.10 Å². The van der Waals surface area contributed by atoms with Crippen molar-refractivity contribution in [3.8, 4) is 0 Å². The Kier molecular flexibility index (Phi) is 45.1. The van der Waals surface area contributed by atoms with E-state index in [1.165, 1.54) is 193 Å². The van der Waals surface area contributed by atoms with Gasteiger partial charge >= 0.3 is 17.9 Å². The monoisotopic (exact) mass is 895 g/mol. The molecular formula is C54H104NO8+. The highest BCUT2D eigenvalue weighted by Crippen LogP contribution is 2.17. The van der Waals surface area contributed by atoms with E-state index in [9.17, 15) is 19.5 Å². The SMILES string of the molecule is CCCCCCCCCC/C=C\CCCCCCCCCCCCCCCCCCCC(=O)OC(COC(=O)CCCCCCCCCCC)COC(OCC[N+](C)(C)C)C(=O)O. The Morgan fingerprint density at radius 3 is 1.17 bits per heavy atom. The molecule has 0 bridgehead atoms.